The molecule has 11 rings (SSSR count). The van der Waals surface area contributed by atoms with Crippen molar-refractivity contribution in [2.24, 2.45) is 33.5 Å². The first-order valence-electron chi connectivity index (χ1n) is 27.6. The molecule has 0 bridgehead atoms. The number of hydrogen-bond acceptors (Lipinski definition) is 24. The maximum Gasteiger partial charge on any atom is 0.244 e. The van der Waals surface area contributed by atoms with E-state index in [1.54, 1.807) is 13.8 Å². The van der Waals surface area contributed by atoms with E-state index in [4.69, 9.17) is 39.9 Å². The minimum Gasteiger partial charge on any atom is -0.507 e. The summed E-state index contributed by atoms with van der Waals surface area (Å²) in [7, 11) is 2.61. The first-order chi connectivity index (χ1) is 40.2. The topological polar surface area (TPSA) is 420 Å². The smallest absolute Gasteiger partial charge is 0.244 e. The lowest BCUT2D eigenvalue weighted by Crippen LogP contribution is -2.52. The molecule has 14 N–H and O–H groups in total. The maximum atomic E-state index is 14.2. The number of aliphatic hydroxyl groups is 4. The van der Waals surface area contributed by atoms with Gasteiger partial charge in [-0.3, -0.25) is 28.8 Å². The van der Waals surface area contributed by atoms with Gasteiger partial charge < -0.3 is 80.7 Å². The van der Waals surface area contributed by atoms with E-state index < -0.39 is 190 Å². The minimum absolute atomic E-state index is 0.00916. The Labute approximate surface area is 484 Å². The normalized spacial score (nSPS) is 31.3. The summed E-state index contributed by atoms with van der Waals surface area (Å²) < 4.78 is 35.3. The van der Waals surface area contributed by atoms with E-state index in [1.807, 2.05) is 0 Å². The molecular formula is C59H64N6O20. The number of carbonyl (C=O) groups is 6. The fourth-order valence-corrected chi connectivity index (χ4v) is 12.8. The number of aliphatic hydroxyl groups excluding tert-OH is 2. The minimum atomic E-state index is -2.11. The fourth-order valence-electron chi connectivity index (χ4n) is 12.8. The third-order valence-corrected chi connectivity index (χ3v) is 17.8. The summed E-state index contributed by atoms with van der Waals surface area (Å²) in [5.74, 6) is -9.49. The molecule has 0 radical (unpaired) electrons. The van der Waals surface area contributed by atoms with Gasteiger partial charge in [0.2, 0.25) is 23.4 Å². The van der Waals surface area contributed by atoms with Crippen molar-refractivity contribution in [3.63, 3.8) is 0 Å². The Hall–Kier alpha value is -7.76. The molecule has 3 fully saturated rings. The van der Waals surface area contributed by atoms with Gasteiger partial charge in [0.15, 0.2) is 24.1 Å². The van der Waals surface area contributed by atoms with Crippen LogP contribution in [0.5, 0.6) is 34.5 Å². The number of nitrogens with two attached hydrogens (primary N) is 2. The molecule has 1 saturated carbocycles. The van der Waals surface area contributed by atoms with Crippen LogP contribution in [0.2, 0.25) is 0 Å². The van der Waals surface area contributed by atoms with Crippen LogP contribution in [0.4, 0.5) is 0 Å². The lowest BCUT2D eigenvalue weighted by molar-refractivity contribution is -0.246. The molecule has 0 spiro atoms. The van der Waals surface area contributed by atoms with Gasteiger partial charge in [0, 0.05) is 84.0 Å². The second-order valence-electron chi connectivity index (χ2n) is 23.0. The first kappa shape index (κ1) is 59.0. The molecular weight excluding hydrogens is 1110 g/mol. The van der Waals surface area contributed by atoms with E-state index in [9.17, 15) is 69.6 Å². The monoisotopic (exact) mass is 1180 g/mol. The highest BCUT2D eigenvalue weighted by Gasteiger charge is 2.53. The molecule has 2 amide bonds. The van der Waals surface area contributed by atoms with Crippen molar-refractivity contribution in [1.82, 2.24) is 10.9 Å². The molecule has 2 heterocycles. The number of fused-ring (bicyclic) bond motifs is 6. The largest absolute Gasteiger partial charge is 0.507 e. The van der Waals surface area contributed by atoms with Crippen LogP contribution in [-0.4, -0.2) is 162 Å². The van der Waals surface area contributed by atoms with Gasteiger partial charge in [0.25, 0.3) is 0 Å². The number of carbonyl (C=O) groups excluding carboxylic acids is 6. The van der Waals surface area contributed by atoms with Crippen LogP contribution >= 0.6 is 0 Å². The van der Waals surface area contributed by atoms with E-state index in [0.717, 1.165) is 0 Å². The van der Waals surface area contributed by atoms with Crippen LogP contribution in [0.15, 0.2) is 46.6 Å². The molecule has 26 heteroatoms. The number of nitrogens with one attached hydrogen (secondary N) is 2. The van der Waals surface area contributed by atoms with Gasteiger partial charge in [0.05, 0.1) is 107 Å². The molecule has 8 unspecified atom stereocenters. The summed E-state index contributed by atoms with van der Waals surface area (Å²) in [5, 5.41) is 102. The molecule has 2 aliphatic heterocycles. The van der Waals surface area contributed by atoms with Crippen LogP contribution in [0.1, 0.15) is 158 Å². The number of aromatic hydroxyl groups is 4. The fraction of sp³-hybridized carbons (Fsp3) is 0.458. The van der Waals surface area contributed by atoms with Crippen LogP contribution in [-0.2, 0) is 41.4 Å². The molecule has 26 nitrogen and oxygen atoms in total. The highest BCUT2D eigenvalue weighted by molar-refractivity contribution is 6.32. The predicted molar refractivity (Wildman–Crippen MR) is 293 cm³/mol. The van der Waals surface area contributed by atoms with Crippen molar-refractivity contribution in [2.45, 2.75) is 145 Å². The number of hydrogen-bond donors (Lipinski definition) is 12. The van der Waals surface area contributed by atoms with Crippen molar-refractivity contribution in [3.8, 4) is 34.5 Å². The Bertz CT molecular complexity index is 3370. The van der Waals surface area contributed by atoms with Crippen molar-refractivity contribution in [2.75, 3.05) is 14.2 Å². The average molecular weight is 1180 g/mol. The summed E-state index contributed by atoms with van der Waals surface area (Å²) in [6, 6.07) is 6.99. The molecule has 4 aromatic carbocycles. The number of benzene rings is 4. The number of ketones is 4. The summed E-state index contributed by atoms with van der Waals surface area (Å²) in [5.41, 5.74) is 9.51. The second kappa shape index (κ2) is 21.6. The molecule has 450 valence electrons. The Morgan fingerprint density at radius 3 is 1.29 bits per heavy atom. The average Bonchev–Trinajstić information content (AvgIpc) is 2.87. The number of rotatable bonds is 12. The molecule has 85 heavy (non-hydrogen) atoms. The maximum absolute atomic E-state index is 14.2. The van der Waals surface area contributed by atoms with Gasteiger partial charge in [-0.1, -0.05) is 24.3 Å². The highest BCUT2D eigenvalue weighted by atomic mass is 16.7. The summed E-state index contributed by atoms with van der Waals surface area (Å²) in [6.45, 7) is 5.86. The lowest BCUT2D eigenvalue weighted by Gasteiger charge is -2.42. The van der Waals surface area contributed by atoms with Crippen LogP contribution in [0, 0.1) is 11.8 Å². The van der Waals surface area contributed by atoms with Crippen molar-refractivity contribution in [3.05, 3.63) is 103 Å². The number of phenolic OH excluding ortho intramolecular Hbond substituents is 4. The van der Waals surface area contributed by atoms with Crippen molar-refractivity contribution < 1.29 is 98.0 Å². The molecule has 2 saturated heterocycles. The number of nitrogens with zero attached hydrogens (tertiary/aromatic N) is 2. The summed E-state index contributed by atoms with van der Waals surface area (Å²) in [4.78, 5) is 84.0. The van der Waals surface area contributed by atoms with Gasteiger partial charge in [-0.25, -0.2) is 10.9 Å². The zero-order valence-electron chi connectivity index (χ0n) is 46.9. The third-order valence-electron chi connectivity index (χ3n) is 17.8. The lowest BCUT2D eigenvalue weighted by atomic mass is 9.71. The van der Waals surface area contributed by atoms with Crippen LogP contribution in [0.25, 0.3) is 0 Å². The predicted octanol–water partition coefficient (Wildman–Crippen LogP) is 1.51. The van der Waals surface area contributed by atoms with Gasteiger partial charge in [-0.15, -0.1) is 0 Å². The quantitative estimate of drug-likeness (QED) is 0.0469. The molecule has 7 aliphatic rings. The summed E-state index contributed by atoms with van der Waals surface area (Å²) in [6.07, 6.45) is -10.9. The first-order valence-corrected chi connectivity index (χ1v) is 27.6. The van der Waals surface area contributed by atoms with Gasteiger partial charge in [0.1, 0.15) is 45.7 Å². The van der Waals surface area contributed by atoms with E-state index in [1.165, 1.54) is 64.5 Å². The number of phenols is 4. The Morgan fingerprint density at radius 1 is 0.576 bits per heavy atom. The number of hydrazone groups is 2. The van der Waals surface area contributed by atoms with Gasteiger partial charge in [-0.05, 0) is 46.2 Å². The SMILES string of the molecule is COc1cccc2c1C(=O)c1c(O)c3c(c(O)c1C2=O)C[C@@](O)(/C(C)=N\NC(=O)[C@H]1C[C@@H]1C(=O)N/N=C(\C)[C@]1(O)Cc2c(O)c4c(c(O)c2[C@@H](OC2CC(N)C(O)C(C)O2)C1)C(=O)c1c(OC)cccc1C4=O)C[C@@H]3OC1CC(N)C(O)C(C)O1. The summed E-state index contributed by atoms with van der Waals surface area (Å²) >= 11 is 0. The number of methoxy groups -OCH3 is 2. The van der Waals surface area contributed by atoms with Crippen molar-refractivity contribution in [1.29, 1.82) is 0 Å². The van der Waals surface area contributed by atoms with Crippen LogP contribution in [0.3, 0.4) is 0 Å². The van der Waals surface area contributed by atoms with Crippen LogP contribution < -0.4 is 31.8 Å². The molecule has 5 aliphatic carbocycles. The standard InChI is InChI=1S/C59H64N6O20/c1-20-46(66)30(60)14-36(82-20)84-34-18-58(78,16-28-40(34)54(74)44-42(50(28)70)48(68)24-9-7-11-32(80-5)38(24)52(44)72)22(3)62-64-56(76)26-13-27(26)57(77)65-63-23(4)59(79)17-29-41(35(19-59)85-37-15-31(61)47(67)21(2)83-37)55(75)45-43(51(29)71)49(69)25-10-8-12-33(81-6)39(25)53(45)73/h7-12,20-21,26-27,30-31,34-37,46-47,66-67,70-71,74-75,78-79H,13-19,60-61H2,1-6H3,(H,64,76)(H,65,77)/b62-22-,63-23+/t20?,21?,26-,27-,30?,31?,34-,35-,36?,37?,46?,47?,58-,59-/m0/s1. The Morgan fingerprint density at radius 2 is 0.941 bits per heavy atom. The Kier molecular flexibility index (Phi) is 15.0. The van der Waals surface area contributed by atoms with E-state index in [0.29, 0.717) is 0 Å². The van der Waals surface area contributed by atoms with E-state index in [-0.39, 0.29) is 86.7 Å². The zero-order chi connectivity index (χ0) is 61.2. The molecule has 4 aromatic rings. The molecule has 0 aromatic heterocycles. The zero-order valence-corrected chi connectivity index (χ0v) is 46.9. The number of ether oxygens (including phenoxy) is 6. The molecule has 14 atom stereocenters. The Balaban J connectivity index is 0.827. The highest BCUT2D eigenvalue weighted by Crippen LogP contribution is 2.55. The third kappa shape index (κ3) is 9.69. The van der Waals surface area contributed by atoms with E-state index >= 15 is 0 Å². The second-order valence-corrected chi connectivity index (χ2v) is 23.0. The van der Waals surface area contributed by atoms with Gasteiger partial charge in [-0.2, -0.15) is 10.2 Å². The van der Waals surface area contributed by atoms with E-state index in [2.05, 4.69) is 21.1 Å². The van der Waals surface area contributed by atoms with Crippen molar-refractivity contribution >= 4 is 46.4 Å². The number of amides is 2. The van der Waals surface area contributed by atoms with Gasteiger partial charge >= 0.3 is 0 Å².